The number of aliphatic carboxylic acids is 1. The molecule has 1 fully saturated rings. The summed E-state index contributed by atoms with van der Waals surface area (Å²) >= 11 is 0. The molecule has 2 aliphatic heterocycles. The first-order valence-corrected chi connectivity index (χ1v) is 11.5. The first kappa shape index (κ1) is 23.3. The molecule has 186 valence electrons. The lowest BCUT2D eigenvalue weighted by atomic mass is 10.1. The minimum absolute atomic E-state index is 0.0943. The molecule has 2 aromatic carbocycles. The number of anilines is 1. The second kappa shape index (κ2) is 10.8. The molecule has 9 nitrogen and oxygen atoms in total. The van der Waals surface area contributed by atoms with E-state index in [0.717, 1.165) is 18.0 Å². The Morgan fingerprint density at radius 2 is 1.91 bits per heavy atom. The Morgan fingerprint density at radius 3 is 2.63 bits per heavy atom. The van der Waals surface area contributed by atoms with E-state index in [1.54, 1.807) is 36.4 Å². The summed E-state index contributed by atoms with van der Waals surface area (Å²) in [6, 6.07) is 8.02. The van der Waals surface area contributed by atoms with Crippen molar-refractivity contribution in [3.63, 3.8) is 0 Å². The highest BCUT2D eigenvalue weighted by atomic mass is 19.1. The average molecular weight is 486 g/mol. The lowest BCUT2D eigenvalue weighted by Crippen LogP contribution is -2.45. The minimum atomic E-state index is -2.20. The van der Waals surface area contributed by atoms with Gasteiger partial charge >= 0.3 is 5.97 Å². The molecule has 2 amide bonds. The van der Waals surface area contributed by atoms with Crippen LogP contribution in [0.15, 0.2) is 36.4 Å². The fourth-order valence-electron chi connectivity index (χ4n) is 4.42. The van der Waals surface area contributed by atoms with Crippen LogP contribution in [-0.2, 0) is 34.0 Å². The van der Waals surface area contributed by atoms with Gasteiger partial charge in [-0.2, -0.15) is 0 Å². The highest BCUT2D eigenvalue weighted by molar-refractivity contribution is 6.02. The number of ether oxygens (including phenoxy) is 1. The average Bonchev–Trinajstić information content (AvgIpc) is 3.21. The number of fused-ring (bicyclic) bond motifs is 1. The summed E-state index contributed by atoms with van der Waals surface area (Å²) in [4.78, 5) is 39.3. The number of nitrogens with one attached hydrogen (secondary N) is 1. The molecule has 10 heteroatoms. The molecule has 0 aromatic heterocycles. The van der Waals surface area contributed by atoms with Crippen LogP contribution in [0.3, 0.4) is 0 Å². The Kier molecular flexibility index (Phi) is 7.20. The monoisotopic (exact) mass is 485 g/mol. The number of halogens is 1. The number of nitrogens with zero attached hydrogens (tertiary/aromatic N) is 2. The van der Waals surface area contributed by atoms with Gasteiger partial charge in [-0.05, 0) is 18.6 Å². The van der Waals surface area contributed by atoms with Gasteiger partial charge in [0.15, 0.2) is 0 Å². The van der Waals surface area contributed by atoms with Gasteiger partial charge in [-0.25, -0.2) is 4.39 Å². The van der Waals surface area contributed by atoms with Crippen LogP contribution < -0.4 is 11.1 Å². The summed E-state index contributed by atoms with van der Waals surface area (Å²) in [7, 11) is 0. The molecule has 4 rings (SSSR count). The number of amides is 2. The van der Waals surface area contributed by atoms with E-state index in [1.807, 2.05) is 0 Å². The summed E-state index contributed by atoms with van der Waals surface area (Å²) in [6.07, 6.45) is -0.918. The van der Waals surface area contributed by atoms with Crippen LogP contribution in [0, 0.1) is 5.82 Å². The number of carbonyl (C=O) groups is 3. The molecule has 0 bridgehead atoms. The van der Waals surface area contributed by atoms with Crippen molar-refractivity contribution in [2.45, 2.75) is 38.5 Å². The number of primary amides is 1. The highest BCUT2D eigenvalue weighted by Gasteiger charge is 2.36. The van der Waals surface area contributed by atoms with Crippen molar-refractivity contribution in [1.82, 2.24) is 9.80 Å². The maximum atomic E-state index is 15.2. The van der Waals surface area contributed by atoms with Gasteiger partial charge in [-0.3, -0.25) is 19.3 Å². The molecule has 1 unspecified atom stereocenters. The highest BCUT2D eigenvalue weighted by Crippen LogP contribution is 2.32. The van der Waals surface area contributed by atoms with E-state index in [0.29, 0.717) is 42.1 Å². The molecule has 35 heavy (non-hydrogen) atoms. The summed E-state index contributed by atoms with van der Waals surface area (Å²) in [6.45, 7) is 3.31. The number of carbonyl (C=O) groups excluding carboxylic acids is 2. The van der Waals surface area contributed by atoms with Crippen molar-refractivity contribution in [1.29, 1.82) is 0 Å². The third kappa shape index (κ3) is 5.60. The van der Waals surface area contributed by atoms with Crippen molar-refractivity contribution in [3.8, 4) is 0 Å². The Bertz CT molecular complexity index is 1170. The van der Waals surface area contributed by atoms with Gasteiger partial charge in [0.2, 0.25) is 5.91 Å². The minimum Gasteiger partial charge on any atom is -0.481 e. The Labute approximate surface area is 204 Å². The number of nitrogens with two attached hydrogens (primary N) is 1. The zero-order valence-electron chi connectivity index (χ0n) is 20.3. The Morgan fingerprint density at radius 1 is 1.20 bits per heavy atom. The van der Waals surface area contributed by atoms with Crippen LogP contribution >= 0.6 is 0 Å². The van der Waals surface area contributed by atoms with Gasteiger partial charge < -0.3 is 25.8 Å². The Balaban J connectivity index is 1.51. The first-order chi connectivity index (χ1) is 17.2. The summed E-state index contributed by atoms with van der Waals surface area (Å²) in [5.41, 5.74) is 7.87. The second-order valence-corrected chi connectivity index (χ2v) is 8.56. The third-order valence-electron chi connectivity index (χ3n) is 6.28. The molecule has 0 aliphatic carbocycles. The molecular formula is C25H29FN4O5. The van der Waals surface area contributed by atoms with Crippen LogP contribution in [0.2, 0.25) is 0 Å². The zero-order valence-corrected chi connectivity index (χ0v) is 19.3. The van der Waals surface area contributed by atoms with Gasteiger partial charge in [0.25, 0.3) is 5.91 Å². The van der Waals surface area contributed by atoms with E-state index >= 15 is 4.39 Å². The van der Waals surface area contributed by atoms with E-state index in [9.17, 15) is 14.4 Å². The predicted molar refractivity (Wildman–Crippen MR) is 126 cm³/mol. The van der Waals surface area contributed by atoms with E-state index in [4.69, 9.17) is 16.9 Å². The van der Waals surface area contributed by atoms with Crippen LogP contribution in [0.25, 0.3) is 0 Å². The number of carboxylic acids is 1. The molecule has 0 saturated carbocycles. The predicted octanol–water partition coefficient (Wildman–Crippen LogP) is 1.94. The summed E-state index contributed by atoms with van der Waals surface area (Å²) < 4.78 is 29.1. The number of hydrogen-bond acceptors (Lipinski definition) is 6. The standard InChI is InChI=1S/C25H29FN4O5/c26-23-16(3-1-4-17(23)14-29-9-11-35-12-10-29)13-28-20-6-2-5-18-19(20)15-30(25(18)34)21(24(27)33)7-8-22(31)32/h1-6,21,28H,7-15H2,(H2,27,33)(H,31,32)/i21D. The molecule has 1 atom stereocenters. The lowest BCUT2D eigenvalue weighted by Gasteiger charge is -2.27. The van der Waals surface area contributed by atoms with Gasteiger partial charge in [-0.1, -0.05) is 24.3 Å². The SMILES string of the molecule is [2H]C(CCC(=O)O)(C(N)=O)N1Cc2c(NCc3cccc(CN4CCOCC4)c3F)cccc2C1=O. The fraction of sp³-hybridized carbons (Fsp3) is 0.400. The van der Waals surface area contributed by atoms with Gasteiger partial charge in [0.05, 0.1) is 14.6 Å². The summed E-state index contributed by atoms with van der Waals surface area (Å²) in [5.74, 6) is -3.17. The number of benzene rings is 2. The van der Waals surface area contributed by atoms with Crippen molar-refractivity contribution < 1.29 is 30.0 Å². The lowest BCUT2D eigenvalue weighted by molar-refractivity contribution is -0.137. The van der Waals surface area contributed by atoms with Crippen LogP contribution in [-0.4, -0.2) is 65.0 Å². The normalized spacial score (nSPS) is 18.0. The van der Waals surface area contributed by atoms with E-state index in [-0.39, 0.29) is 24.5 Å². The second-order valence-electron chi connectivity index (χ2n) is 8.56. The molecule has 0 spiro atoms. The molecule has 4 N–H and O–H groups in total. The van der Waals surface area contributed by atoms with E-state index in [2.05, 4.69) is 10.2 Å². The Hall–Kier alpha value is -3.50. The summed E-state index contributed by atoms with van der Waals surface area (Å²) in [5, 5.41) is 12.2. The van der Waals surface area contributed by atoms with E-state index < -0.39 is 36.6 Å². The number of rotatable bonds is 10. The molecular weight excluding hydrogens is 455 g/mol. The van der Waals surface area contributed by atoms with Crippen molar-refractivity contribution in [2.24, 2.45) is 5.73 Å². The van der Waals surface area contributed by atoms with E-state index in [1.165, 1.54) is 0 Å². The van der Waals surface area contributed by atoms with Crippen molar-refractivity contribution >= 4 is 23.5 Å². The smallest absolute Gasteiger partial charge is 0.303 e. The van der Waals surface area contributed by atoms with Gasteiger partial charge in [-0.15, -0.1) is 0 Å². The molecule has 2 aliphatic rings. The van der Waals surface area contributed by atoms with Crippen molar-refractivity contribution in [3.05, 3.63) is 64.5 Å². The molecule has 0 radical (unpaired) electrons. The van der Waals surface area contributed by atoms with Crippen LogP contribution in [0.5, 0.6) is 0 Å². The number of hydrogen-bond donors (Lipinski definition) is 3. The fourth-order valence-corrected chi connectivity index (χ4v) is 4.42. The van der Waals surface area contributed by atoms with Gasteiger partial charge in [0, 0.05) is 67.1 Å². The zero-order chi connectivity index (χ0) is 25.9. The number of morpholine rings is 1. The molecule has 2 aromatic rings. The topological polar surface area (TPSA) is 125 Å². The number of carboxylic acid groups (broad SMARTS) is 1. The molecule has 1 saturated heterocycles. The first-order valence-electron chi connectivity index (χ1n) is 12.0. The van der Waals surface area contributed by atoms with Crippen molar-refractivity contribution in [2.75, 3.05) is 31.6 Å². The third-order valence-corrected chi connectivity index (χ3v) is 6.28. The maximum absolute atomic E-state index is 15.2. The van der Waals surface area contributed by atoms with Gasteiger partial charge in [0.1, 0.15) is 11.8 Å². The quantitative estimate of drug-likeness (QED) is 0.470. The molecule has 2 heterocycles. The largest absolute Gasteiger partial charge is 0.481 e. The van der Waals surface area contributed by atoms with Crippen LogP contribution in [0.4, 0.5) is 10.1 Å². The maximum Gasteiger partial charge on any atom is 0.303 e. The van der Waals surface area contributed by atoms with Crippen LogP contribution in [0.1, 0.15) is 41.3 Å².